The molecular weight excluding hydrogens is 390 g/mol. The number of carboxylic acid groups (broad SMARTS) is 1. The van der Waals surface area contributed by atoms with Crippen molar-refractivity contribution in [3.8, 4) is 0 Å². The molecule has 1 aromatic carbocycles. The third-order valence-electron chi connectivity index (χ3n) is 5.33. The molecule has 0 radical (unpaired) electrons. The van der Waals surface area contributed by atoms with Gasteiger partial charge in [0.2, 0.25) is 17.7 Å². The van der Waals surface area contributed by atoms with E-state index in [1.54, 1.807) is 4.90 Å². The molecule has 164 valence electrons. The molecule has 9 nitrogen and oxygen atoms in total. The number of aryl methyl sites for hydroxylation is 1. The average Bonchev–Trinajstić information content (AvgIpc) is 2.95. The van der Waals surface area contributed by atoms with Gasteiger partial charge in [0.1, 0.15) is 0 Å². The van der Waals surface area contributed by atoms with E-state index in [1.807, 2.05) is 30.3 Å². The SMILES string of the molecule is O=C1CCN(C(=O)[C@@H]2C[C@@H](O)[C@H](NC(=O)CCc3ccccc3)C2)CCN1.O=CO. The Morgan fingerprint density at radius 1 is 1.20 bits per heavy atom. The van der Waals surface area contributed by atoms with Crippen LogP contribution in [0.3, 0.4) is 0 Å². The second-order valence-electron chi connectivity index (χ2n) is 7.43. The topological polar surface area (TPSA) is 136 Å². The minimum atomic E-state index is -0.716. The number of hydrogen-bond acceptors (Lipinski definition) is 5. The van der Waals surface area contributed by atoms with Gasteiger partial charge in [0.05, 0.1) is 12.1 Å². The van der Waals surface area contributed by atoms with E-state index in [0.717, 1.165) is 5.56 Å². The molecule has 30 heavy (non-hydrogen) atoms. The number of hydrogen-bond donors (Lipinski definition) is 4. The molecule has 1 aromatic rings. The van der Waals surface area contributed by atoms with Crippen molar-refractivity contribution in [2.45, 2.75) is 44.2 Å². The number of carbonyl (C=O) groups excluding carboxylic acids is 3. The molecule has 2 fully saturated rings. The lowest BCUT2D eigenvalue weighted by Crippen LogP contribution is -2.40. The minimum Gasteiger partial charge on any atom is -0.483 e. The zero-order valence-corrected chi connectivity index (χ0v) is 16.8. The van der Waals surface area contributed by atoms with E-state index in [1.165, 1.54) is 0 Å². The largest absolute Gasteiger partial charge is 0.483 e. The molecule has 2 aliphatic rings. The van der Waals surface area contributed by atoms with Gasteiger partial charge < -0.3 is 25.7 Å². The van der Waals surface area contributed by atoms with Gasteiger partial charge in [-0.2, -0.15) is 0 Å². The highest BCUT2D eigenvalue weighted by Crippen LogP contribution is 2.28. The van der Waals surface area contributed by atoms with Crippen LogP contribution in [0.5, 0.6) is 0 Å². The summed E-state index contributed by atoms with van der Waals surface area (Å²) in [5.41, 5.74) is 1.09. The smallest absolute Gasteiger partial charge is 0.290 e. The van der Waals surface area contributed by atoms with Gasteiger partial charge in [-0.15, -0.1) is 0 Å². The Bertz CT molecular complexity index is 727. The van der Waals surface area contributed by atoms with Gasteiger partial charge in [0, 0.05) is 38.4 Å². The number of amides is 3. The highest BCUT2D eigenvalue weighted by molar-refractivity contribution is 5.82. The summed E-state index contributed by atoms with van der Waals surface area (Å²) in [4.78, 5) is 46.4. The van der Waals surface area contributed by atoms with Crippen LogP contribution < -0.4 is 10.6 Å². The Labute approximate surface area is 175 Å². The third-order valence-corrected chi connectivity index (χ3v) is 5.33. The summed E-state index contributed by atoms with van der Waals surface area (Å²) < 4.78 is 0. The third kappa shape index (κ3) is 7.14. The molecule has 0 spiro atoms. The molecule has 0 bridgehead atoms. The standard InChI is InChI=1S/C20H27N3O4.CH2O2/c24-17-13-15(20(27)23-10-8-18(25)21-9-11-23)12-16(17)22-19(26)7-6-14-4-2-1-3-5-14;2-1-3/h1-5,15-17,24H,6-13H2,(H,21,25)(H,22,26);1H,(H,2,3)/t15-,16+,17+;/m0./s1. The van der Waals surface area contributed by atoms with E-state index in [-0.39, 0.29) is 30.1 Å². The van der Waals surface area contributed by atoms with E-state index >= 15 is 0 Å². The Kier molecular flexibility index (Phi) is 9.27. The predicted octanol–water partition coefficient (Wildman–Crippen LogP) is -0.0758. The van der Waals surface area contributed by atoms with E-state index in [4.69, 9.17) is 9.90 Å². The van der Waals surface area contributed by atoms with Crippen LogP contribution >= 0.6 is 0 Å². The van der Waals surface area contributed by atoms with E-state index < -0.39 is 12.1 Å². The lowest BCUT2D eigenvalue weighted by Gasteiger charge is -2.23. The van der Waals surface area contributed by atoms with Gasteiger partial charge in [-0.1, -0.05) is 30.3 Å². The first kappa shape index (κ1) is 23.3. The lowest BCUT2D eigenvalue weighted by atomic mass is 10.1. The minimum absolute atomic E-state index is 0.0356. The maximum atomic E-state index is 12.7. The van der Waals surface area contributed by atoms with Crippen molar-refractivity contribution in [3.63, 3.8) is 0 Å². The molecule has 0 unspecified atom stereocenters. The fourth-order valence-corrected chi connectivity index (χ4v) is 3.80. The van der Waals surface area contributed by atoms with E-state index in [0.29, 0.717) is 51.7 Å². The number of nitrogens with one attached hydrogen (secondary N) is 2. The molecule has 0 aromatic heterocycles. The molecule has 1 saturated heterocycles. The Morgan fingerprint density at radius 2 is 1.90 bits per heavy atom. The quantitative estimate of drug-likeness (QED) is 0.493. The van der Waals surface area contributed by atoms with Crippen molar-refractivity contribution in [2.24, 2.45) is 5.92 Å². The second-order valence-corrected chi connectivity index (χ2v) is 7.43. The van der Waals surface area contributed by atoms with Crippen LogP contribution in [0.2, 0.25) is 0 Å². The van der Waals surface area contributed by atoms with Crippen molar-refractivity contribution < 1.29 is 29.4 Å². The first-order chi connectivity index (χ1) is 14.4. The monoisotopic (exact) mass is 419 g/mol. The number of benzene rings is 1. The summed E-state index contributed by atoms with van der Waals surface area (Å²) in [5, 5.41) is 22.8. The number of nitrogens with zero attached hydrogens (tertiary/aromatic N) is 1. The second kappa shape index (κ2) is 11.9. The summed E-state index contributed by atoms with van der Waals surface area (Å²) in [6.07, 6.45) is 1.38. The fourth-order valence-electron chi connectivity index (χ4n) is 3.80. The van der Waals surface area contributed by atoms with Gasteiger partial charge in [-0.3, -0.25) is 19.2 Å². The normalized spacial score (nSPS) is 23.4. The molecular formula is C21H29N3O6. The molecule has 1 heterocycles. The van der Waals surface area contributed by atoms with Crippen LogP contribution in [-0.2, 0) is 25.6 Å². The van der Waals surface area contributed by atoms with Crippen LogP contribution in [0.1, 0.15) is 31.2 Å². The maximum absolute atomic E-state index is 12.7. The fraction of sp³-hybridized carbons (Fsp3) is 0.524. The van der Waals surface area contributed by atoms with Crippen molar-refractivity contribution in [1.82, 2.24) is 15.5 Å². The van der Waals surface area contributed by atoms with Crippen LogP contribution in [0.4, 0.5) is 0 Å². The predicted molar refractivity (Wildman–Crippen MR) is 108 cm³/mol. The summed E-state index contributed by atoms with van der Waals surface area (Å²) in [7, 11) is 0. The van der Waals surface area contributed by atoms with Gasteiger partial charge in [-0.25, -0.2) is 0 Å². The highest BCUT2D eigenvalue weighted by Gasteiger charge is 2.39. The number of aliphatic hydroxyl groups excluding tert-OH is 1. The van der Waals surface area contributed by atoms with Crippen molar-refractivity contribution >= 4 is 24.2 Å². The summed E-state index contributed by atoms with van der Waals surface area (Å²) >= 11 is 0. The first-order valence-electron chi connectivity index (χ1n) is 10.1. The number of aliphatic hydroxyl groups is 1. The lowest BCUT2D eigenvalue weighted by molar-refractivity contribution is -0.135. The van der Waals surface area contributed by atoms with Crippen molar-refractivity contribution in [3.05, 3.63) is 35.9 Å². The highest BCUT2D eigenvalue weighted by atomic mass is 16.3. The molecule has 3 atom stereocenters. The van der Waals surface area contributed by atoms with Gasteiger partial charge in [0.15, 0.2) is 0 Å². The van der Waals surface area contributed by atoms with Crippen molar-refractivity contribution in [1.29, 1.82) is 0 Å². The maximum Gasteiger partial charge on any atom is 0.290 e. The molecule has 3 amide bonds. The van der Waals surface area contributed by atoms with Gasteiger partial charge >= 0.3 is 0 Å². The molecule has 1 aliphatic heterocycles. The average molecular weight is 419 g/mol. The Balaban J connectivity index is 0.00000101. The van der Waals surface area contributed by atoms with Gasteiger partial charge in [-0.05, 0) is 24.8 Å². The van der Waals surface area contributed by atoms with Gasteiger partial charge in [0.25, 0.3) is 6.47 Å². The van der Waals surface area contributed by atoms with Crippen LogP contribution in [0, 0.1) is 5.92 Å². The number of carbonyl (C=O) groups is 4. The number of rotatable bonds is 5. The van der Waals surface area contributed by atoms with E-state index in [2.05, 4.69) is 10.6 Å². The van der Waals surface area contributed by atoms with E-state index in [9.17, 15) is 19.5 Å². The summed E-state index contributed by atoms with van der Waals surface area (Å²) in [6.45, 7) is 1.11. The first-order valence-corrected chi connectivity index (χ1v) is 10.1. The van der Waals surface area contributed by atoms with Crippen LogP contribution in [-0.4, -0.2) is 71.1 Å². The van der Waals surface area contributed by atoms with Crippen LogP contribution in [0.15, 0.2) is 30.3 Å². The zero-order valence-electron chi connectivity index (χ0n) is 16.8. The molecule has 1 saturated carbocycles. The molecule has 1 aliphatic carbocycles. The molecule has 4 N–H and O–H groups in total. The Hall–Kier alpha value is -2.94. The summed E-state index contributed by atoms with van der Waals surface area (Å²) in [5.74, 6) is -0.500. The molecule has 3 rings (SSSR count). The molecule has 9 heteroatoms. The Morgan fingerprint density at radius 3 is 2.60 bits per heavy atom. The van der Waals surface area contributed by atoms with Crippen LogP contribution in [0.25, 0.3) is 0 Å². The zero-order chi connectivity index (χ0) is 21.9. The van der Waals surface area contributed by atoms with Crippen molar-refractivity contribution in [2.75, 3.05) is 19.6 Å². The summed E-state index contributed by atoms with van der Waals surface area (Å²) in [6, 6.07) is 9.38.